The van der Waals surface area contributed by atoms with Gasteiger partial charge in [0.15, 0.2) is 17.3 Å². The van der Waals surface area contributed by atoms with Crippen molar-refractivity contribution in [3.63, 3.8) is 0 Å². The molecule has 11 nitrogen and oxygen atoms in total. The smallest absolute Gasteiger partial charge is 0.222 e. The van der Waals surface area contributed by atoms with Gasteiger partial charge in [-0.15, -0.1) is 10.2 Å². The Morgan fingerprint density at radius 2 is 1.76 bits per heavy atom. The molecule has 0 aliphatic rings. The lowest BCUT2D eigenvalue weighted by molar-refractivity contribution is 0.275. The maximum atomic E-state index is 5.91. The molecule has 0 bridgehead atoms. The topological polar surface area (TPSA) is 149 Å². The summed E-state index contributed by atoms with van der Waals surface area (Å²) in [5.74, 6) is 2.65. The van der Waals surface area contributed by atoms with Crippen molar-refractivity contribution in [1.82, 2.24) is 30.2 Å². The highest BCUT2D eigenvalue weighted by molar-refractivity contribution is 5.54. The van der Waals surface area contributed by atoms with Crippen LogP contribution in [0.5, 0.6) is 17.2 Å². The van der Waals surface area contributed by atoms with E-state index in [0.717, 1.165) is 5.56 Å². The van der Waals surface area contributed by atoms with E-state index in [9.17, 15) is 0 Å². The lowest BCUT2D eigenvalue weighted by atomic mass is 10.1. The van der Waals surface area contributed by atoms with Gasteiger partial charge in [-0.25, -0.2) is 4.98 Å². The van der Waals surface area contributed by atoms with E-state index < -0.39 is 0 Å². The minimum atomic E-state index is 0.132. The van der Waals surface area contributed by atoms with Gasteiger partial charge in [0.25, 0.3) is 0 Å². The Morgan fingerprint density at radius 3 is 2.34 bits per heavy atom. The van der Waals surface area contributed by atoms with Gasteiger partial charge in [0.2, 0.25) is 11.7 Å². The van der Waals surface area contributed by atoms with E-state index in [2.05, 4.69) is 25.4 Å². The third kappa shape index (κ3) is 5.00. The Bertz CT molecular complexity index is 930. The van der Waals surface area contributed by atoms with Crippen LogP contribution in [0.15, 0.2) is 18.2 Å². The Labute approximate surface area is 168 Å². The molecule has 0 atom stereocenters. The zero-order valence-corrected chi connectivity index (χ0v) is 16.6. The first-order chi connectivity index (χ1) is 14.0. The fourth-order valence-electron chi connectivity index (χ4n) is 2.77. The number of aromatic nitrogens is 6. The number of nitrogens with two attached hydrogens (primary N) is 2. The standard InChI is InChI=1S/C18H24N8O3/c1-4-26-24-16(23-25-26)5-6-29-17-13(27-2)8-11(9-14(17)28-3)7-12-10-15(19)22-18(20)21-12/h8-10H,4-7H2,1-3H3,(H4,19,20,21,22). The molecule has 1 aromatic carbocycles. The molecule has 0 aliphatic heterocycles. The molecule has 2 aromatic heterocycles. The van der Waals surface area contributed by atoms with Gasteiger partial charge in [0.1, 0.15) is 5.82 Å². The predicted molar refractivity (Wildman–Crippen MR) is 106 cm³/mol. The maximum absolute atomic E-state index is 5.91. The zero-order valence-electron chi connectivity index (χ0n) is 16.6. The zero-order chi connectivity index (χ0) is 20.8. The first-order valence-corrected chi connectivity index (χ1v) is 9.05. The Balaban J connectivity index is 1.76. The van der Waals surface area contributed by atoms with E-state index in [1.807, 2.05) is 19.1 Å². The summed E-state index contributed by atoms with van der Waals surface area (Å²) in [5.41, 5.74) is 13.0. The molecule has 0 radical (unpaired) electrons. The molecule has 154 valence electrons. The summed E-state index contributed by atoms with van der Waals surface area (Å²) >= 11 is 0. The summed E-state index contributed by atoms with van der Waals surface area (Å²) in [6, 6.07) is 5.39. The van der Waals surface area contributed by atoms with Crippen LogP contribution in [0.25, 0.3) is 0 Å². The van der Waals surface area contributed by atoms with Crippen molar-refractivity contribution in [2.24, 2.45) is 0 Å². The number of rotatable bonds is 9. The normalized spacial score (nSPS) is 10.7. The molecule has 0 fully saturated rings. The summed E-state index contributed by atoms with van der Waals surface area (Å²) in [7, 11) is 3.14. The highest BCUT2D eigenvalue weighted by Crippen LogP contribution is 2.39. The number of ether oxygens (including phenoxy) is 3. The number of benzene rings is 1. The lowest BCUT2D eigenvalue weighted by Gasteiger charge is -2.16. The number of nitrogen functional groups attached to an aromatic ring is 2. The molecule has 29 heavy (non-hydrogen) atoms. The quantitative estimate of drug-likeness (QED) is 0.530. The maximum Gasteiger partial charge on any atom is 0.222 e. The summed E-state index contributed by atoms with van der Waals surface area (Å²) in [6.45, 7) is 2.96. The SMILES string of the molecule is CCn1nnc(CCOc2c(OC)cc(Cc3cc(N)nc(N)n3)cc2OC)n1. The first kappa shape index (κ1) is 20.1. The number of aryl methyl sites for hydroxylation is 1. The minimum absolute atomic E-state index is 0.132. The fourth-order valence-corrected chi connectivity index (χ4v) is 2.77. The van der Waals surface area contributed by atoms with Gasteiger partial charge in [-0.3, -0.25) is 0 Å². The molecule has 0 unspecified atom stereocenters. The average molecular weight is 400 g/mol. The Morgan fingerprint density at radius 1 is 1.03 bits per heavy atom. The van der Waals surface area contributed by atoms with E-state index in [1.54, 1.807) is 20.3 Å². The predicted octanol–water partition coefficient (Wildman–Crippen LogP) is 0.877. The number of anilines is 2. The van der Waals surface area contributed by atoms with Gasteiger partial charge in [-0.05, 0) is 29.8 Å². The van der Waals surface area contributed by atoms with Gasteiger partial charge in [0, 0.05) is 18.9 Å². The lowest BCUT2D eigenvalue weighted by Crippen LogP contribution is -2.07. The van der Waals surface area contributed by atoms with Crippen LogP contribution < -0.4 is 25.7 Å². The van der Waals surface area contributed by atoms with Crippen LogP contribution in [0, 0.1) is 0 Å². The highest BCUT2D eigenvalue weighted by Gasteiger charge is 2.16. The summed E-state index contributed by atoms with van der Waals surface area (Å²) in [5, 5.41) is 12.2. The van der Waals surface area contributed by atoms with Crippen molar-refractivity contribution in [3.05, 3.63) is 35.3 Å². The van der Waals surface area contributed by atoms with Crippen molar-refractivity contribution in [2.45, 2.75) is 26.3 Å². The second-order valence-corrected chi connectivity index (χ2v) is 6.14. The van der Waals surface area contributed by atoms with Crippen LogP contribution in [0.2, 0.25) is 0 Å². The van der Waals surface area contributed by atoms with Gasteiger partial charge in [0.05, 0.1) is 33.1 Å². The van der Waals surface area contributed by atoms with E-state index in [1.165, 1.54) is 4.80 Å². The molecular formula is C18H24N8O3. The Hall–Kier alpha value is -3.63. The molecule has 4 N–H and O–H groups in total. The molecule has 0 aliphatic carbocycles. The van der Waals surface area contributed by atoms with Crippen LogP contribution >= 0.6 is 0 Å². The van der Waals surface area contributed by atoms with Crippen LogP contribution in [-0.2, 0) is 19.4 Å². The van der Waals surface area contributed by atoms with Gasteiger partial charge < -0.3 is 25.7 Å². The number of nitrogens with zero attached hydrogens (tertiary/aromatic N) is 6. The third-order valence-electron chi connectivity index (χ3n) is 4.07. The highest BCUT2D eigenvalue weighted by atomic mass is 16.5. The summed E-state index contributed by atoms with van der Waals surface area (Å²) < 4.78 is 16.9. The van der Waals surface area contributed by atoms with Crippen LogP contribution in [0.4, 0.5) is 11.8 Å². The monoisotopic (exact) mass is 400 g/mol. The minimum Gasteiger partial charge on any atom is -0.493 e. The van der Waals surface area contributed by atoms with E-state index in [4.69, 9.17) is 25.7 Å². The van der Waals surface area contributed by atoms with Crippen LogP contribution in [0.3, 0.4) is 0 Å². The second-order valence-electron chi connectivity index (χ2n) is 6.14. The van der Waals surface area contributed by atoms with E-state index >= 15 is 0 Å². The number of hydrogen-bond donors (Lipinski definition) is 2. The van der Waals surface area contributed by atoms with Gasteiger partial charge in [-0.1, -0.05) is 0 Å². The molecule has 3 aromatic rings. The largest absolute Gasteiger partial charge is 0.493 e. The van der Waals surface area contributed by atoms with Crippen molar-refractivity contribution < 1.29 is 14.2 Å². The van der Waals surface area contributed by atoms with E-state index in [-0.39, 0.29) is 5.95 Å². The van der Waals surface area contributed by atoms with Crippen molar-refractivity contribution in [2.75, 3.05) is 32.3 Å². The van der Waals surface area contributed by atoms with Crippen LogP contribution in [0.1, 0.15) is 24.0 Å². The molecule has 0 saturated carbocycles. The molecular weight excluding hydrogens is 376 g/mol. The molecule has 3 rings (SSSR count). The molecule has 0 saturated heterocycles. The number of methoxy groups -OCH3 is 2. The number of tetrazole rings is 1. The molecule has 0 spiro atoms. The van der Waals surface area contributed by atoms with Crippen LogP contribution in [-0.4, -0.2) is 51.0 Å². The first-order valence-electron chi connectivity index (χ1n) is 9.05. The summed E-state index contributed by atoms with van der Waals surface area (Å²) in [4.78, 5) is 9.61. The Kier molecular flexibility index (Phi) is 6.27. The fraction of sp³-hybridized carbons (Fsp3) is 0.389. The molecule has 2 heterocycles. The van der Waals surface area contributed by atoms with Crippen molar-refractivity contribution in [3.8, 4) is 17.2 Å². The third-order valence-corrected chi connectivity index (χ3v) is 4.07. The van der Waals surface area contributed by atoms with Crippen molar-refractivity contribution >= 4 is 11.8 Å². The summed E-state index contributed by atoms with van der Waals surface area (Å²) in [6.07, 6.45) is 0.988. The van der Waals surface area contributed by atoms with Gasteiger partial charge in [-0.2, -0.15) is 9.78 Å². The van der Waals surface area contributed by atoms with E-state index in [0.29, 0.717) is 60.6 Å². The van der Waals surface area contributed by atoms with Gasteiger partial charge >= 0.3 is 0 Å². The second kappa shape index (κ2) is 9.04. The molecule has 11 heteroatoms. The molecule has 0 amide bonds. The van der Waals surface area contributed by atoms with Crippen molar-refractivity contribution in [1.29, 1.82) is 0 Å². The number of hydrogen-bond acceptors (Lipinski definition) is 10. The average Bonchev–Trinajstić information content (AvgIpc) is 3.15.